The van der Waals surface area contributed by atoms with E-state index in [1.807, 2.05) is 12.1 Å². The van der Waals surface area contributed by atoms with Gasteiger partial charge in [0.05, 0.1) is 11.8 Å². The van der Waals surface area contributed by atoms with E-state index in [9.17, 15) is 5.11 Å². The van der Waals surface area contributed by atoms with E-state index in [1.54, 1.807) is 6.20 Å². The van der Waals surface area contributed by atoms with Gasteiger partial charge < -0.3 is 5.11 Å². The lowest BCUT2D eigenvalue weighted by atomic mass is 10.0. The second-order valence-corrected chi connectivity index (χ2v) is 3.21. The second kappa shape index (κ2) is 4.97. The van der Waals surface area contributed by atoms with Gasteiger partial charge in [0, 0.05) is 6.20 Å². The Bertz CT molecular complexity index is 260. The van der Waals surface area contributed by atoms with Crippen LogP contribution in [0, 0.1) is 0 Å². The number of hydrogen-bond donors (Lipinski definition) is 1. The minimum Gasteiger partial charge on any atom is -0.387 e. The number of aromatic nitrogens is 1. The van der Waals surface area contributed by atoms with Gasteiger partial charge >= 0.3 is 0 Å². The summed E-state index contributed by atoms with van der Waals surface area (Å²) in [5.41, 5.74) is 2.01. The Labute approximate surface area is 79.6 Å². The van der Waals surface area contributed by atoms with Gasteiger partial charge in [-0.3, -0.25) is 4.98 Å². The van der Waals surface area contributed by atoms with Gasteiger partial charge in [0.15, 0.2) is 0 Å². The van der Waals surface area contributed by atoms with E-state index in [1.165, 1.54) is 0 Å². The number of aliphatic hydroxyl groups excluding tert-OH is 1. The predicted molar refractivity (Wildman–Crippen MR) is 53.5 cm³/mol. The Hall–Kier alpha value is -0.890. The van der Waals surface area contributed by atoms with E-state index >= 15 is 0 Å². The minimum absolute atomic E-state index is 0.388. The molecular weight excluding hydrogens is 162 g/mol. The van der Waals surface area contributed by atoms with Crippen molar-refractivity contribution in [2.45, 2.75) is 39.2 Å². The van der Waals surface area contributed by atoms with Crippen molar-refractivity contribution in [1.82, 2.24) is 4.98 Å². The average molecular weight is 179 g/mol. The van der Waals surface area contributed by atoms with Crippen molar-refractivity contribution in [2.24, 2.45) is 0 Å². The molecule has 0 amide bonds. The third-order valence-corrected chi connectivity index (χ3v) is 2.18. The van der Waals surface area contributed by atoms with Gasteiger partial charge in [-0.05, 0) is 24.5 Å². The summed E-state index contributed by atoms with van der Waals surface area (Å²) in [6, 6.07) is 3.95. The van der Waals surface area contributed by atoms with Crippen molar-refractivity contribution >= 4 is 0 Å². The standard InChI is InChI=1S/C11H17NO/c1-3-6-10(13)11-9(4-2)7-5-8-12-11/h5,7-8,10,13H,3-4,6H2,1-2H3/t10-/m0/s1. The summed E-state index contributed by atoms with van der Waals surface area (Å²) >= 11 is 0. The smallest absolute Gasteiger partial charge is 0.0962 e. The zero-order chi connectivity index (χ0) is 9.68. The van der Waals surface area contributed by atoms with Crippen molar-refractivity contribution in [1.29, 1.82) is 0 Å². The van der Waals surface area contributed by atoms with Gasteiger partial charge in [0.1, 0.15) is 0 Å². The number of aliphatic hydroxyl groups is 1. The fourth-order valence-corrected chi connectivity index (χ4v) is 1.46. The Morgan fingerprint density at radius 3 is 2.85 bits per heavy atom. The van der Waals surface area contributed by atoms with Crippen LogP contribution in [-0.4, -0.2) is 10.1 Å². The molecule has 0 bridgehead atoms. The third kappa shape index (κ3) is 2.52. The molecule has 0 aliphatic carbocycles. The van der Waals surface area contributed by atoms with Crippen LogP contribution in [0.1, 0.15) is 44.1 Å². The molecule has 1 N–H and O–H groups in total. The molecule has 0 radical (unpaired) electrons. The van der Waals surface area contributed by atoms with Gasteiger partial charge in [0.2, 0.25) is 0 Å². The number of pyridine rings is 1. The average Bonchev–Trinajstić information content (AvgIpc) is 2.18. The molecule has 0 spiro atoms. The Morgan fingerprint density at radius 2 is 2.23 bits per heavy atom. The van der Waals surface area contributed by atoms with Gasteiger partial charge in [0.25, 0.3) is 0 Å². The molecule has 2 heteroatoms. The molecule has 0 saturated heterocycles. The van der Waals surface area contributed by atoms with E-state index in [-0.39, 0.29) is 6.10 Å². The Balaban J connectivity index is 2.85. The SMILES string of the molecule is CCC[C@H](O)c1ncccc1CC. The highest BCUT2D eigenvalue weighted by Crippen LogP contribution is 2.19. The Morgan fingerprint density at radius 1 is 1.46 bits per heavy atom. The molecule has 0 aromatic carbocycles. The topological polar surface area (TPSA) is 33.1 Å². The van der Waals surface area contributed by atoms with Crippen molar-refractivity contribution in [3.05, 3.63) is 29.6 Å². The zero-order valence-corrected chi connectivity index (χ0v) is 8.33. The van der Waals surface area contributed by atoms with Crippen molar-refractivity contribution in [3.63, 3.8) is 0 Å². The largest absolute Gasteiger partial charge is 0.387 e. The van der Waals surface area contributed by atoms with Gasteiger partial charge in [-0.15, -0.1) is 0 Å². The summed E-state index contributed by atoms with van der Waals surface area (Å²) in [6.45, 7) is 4.15. The molecule has 1 aromatic heterocycles. The molecule has 0 aliphatic rings. The van der Waals surface area contributed by atoms with Crippen LogP contribution in [0.15, 0.2) is 18.3 Å². The monoisotopic (exact) mass is 179 g/mol. The summed E-state index contributed by atoms with van der Waals surface area (Å²) in [5, 5.41) is 9.77. The highest BCUT2D eigenvalue weighted by atomic mass is 16.3. The van der Waals surface area contributed by atoms with E-state index < -0.39 is 0 Å². The molecule has 1 atom stereocenters. The molecule has 2 nitrogen and oxygen atoms in total. The lowest BCUT2D eigenvalue weighted by Gasteiger charge is -2.12. The predicted octanol–water partition coefficient (Wildman–Crippen LogP) is 2.48. The number of nitrogens with zero attached hydrogens (tertiary/aromatic N) is 1. The fourth-order valence-electron chi connectivity index (χ4n) is 1.46. The van der Waals surface area contributed by atoms with Crippen molar-refractivity contribution in [2.75, 3.05) is 0 Å². The molecule has 1 rings (SSSR count). The minimum atomic E-state index is -0.388. The number of aryl methyl sites for hydroxylation is 1. The van der Waals surface area contributed by atoms with E-state index in [4.69, 9.17) is 0 Å². The van der Waals surface area contributed by atoms with Crippen LogP contribution >= 0.6 is 0 Å². The third-order valence-electron chi connectivity index (χ3n) is 2.18. The van der Waals surface area contributed by atoms with Crippen LogP contribution in [0.4, 0.5) is 0 Å². The lowest BCUT2D eigenvalue weighted by molar-refractivity contribution is 0.160. The molecule has 0 aliphatic heterocycles. The van der Waals surface area contributed by atoms with Crippen molar-refractivity contribution < 1.29 is 5.11 Å². The summed E-state index contributed by atoms with van der Waals surface area (Å²) in [5.74, 6) is 0. The first-order valence-corrected chi connectivity index (χ1v) is 4.91. The molecule has 13 heavy (non-hydrogen) atoms. The van der Waals surface area contributed by atoms with E-state index in [0.717, 1.165) is 30.5 Å². The number of rotatable bonds is 4. The normalized spacial score (nSPS) is 12.8. The van der Waals surface area contributed by atoms with Gasteiger partial charge in [-0.2, -0.15) is 0 Å². The van der Waals surface area contributed by atoms with Crippen LogP contribution in [0.3, 0.4) is 0 Å². The quantitative estimate of drug-likeness (QED) is 0.770. The van der Waals surface area contributed by atoms with Crippen LogP contribution in [0.2, 0.25) is 0 Å². The first-order valence-electron chi connectivity index (χ1n) is 4.91. The van der Waals surface area contributed by atoms with Crippen molar-refractivity contribution in [3.8, 4) is 0 Å². The highest BCUT2D eigenvalue weighted by molar-refractivity contribution is 5.21. The van der Waals surface area contributed by atoms with E-state index in [0.29, 0.717) is 0 Å². The number of hydrogen-bond acceptors (Lipinski definition) is 2. The highest BCUT2D eigenvalue weighted by Gasteiger charge is 2.10. The first-order chi connectivity index (χ1) is 6.29. The summed E-state index contributed by atoms with van der Waals surface area (Å²) < 4.78 is 0. The summed E-state index contributed by atoms with van der Waals surface area (Å²) in [4.78, 5) is 4.22. The Kier molecular flexibility index (Phi) is 3.90. The molecular formula is C11H17NO. The maximum absolute atomic E-state index is 9.77. The molecule has 1 heterocycles. The maximum atomic E-state index is 9.77. The van der Waals surface area contributed by atoms with Crippen LogP contribution in [0.5, 0.6) is 0 Å². The summed E-state index contributed by atoms with van der Waals surface area (Å²) in [7, 11) is 0. The van der Waals surface area contributed by atoms with Crippen LogP contribution < -0.4 is 0 Å². The molecule has 0 fully saturated rings. The molecule has 0 unspecified atom stereocenters. The second-order valence-electron chi connectivity index (χ2n) is 3.21. The summed E-state index contributed by atoms with van der Waals surface area (Å²) in [6.07, 6.45) is 4.07. The maximum Gasteiger partial charge on any atom is 0.0962 e. The zero-order valence-electron chi connectivity index (χ0n) is 8.33. The lowest BCUT2D eigenvalue weighted by Crippen LogP contribution is -2.03. The molecule has 72 valence electrons. The van der Waals surface area contributed by atoms with Gasteiger partial charge in [-0.1, -0.05) is 26.3 Å². The molecule has 1 aromatic rings. The van der Waals surface area contributed by atoms with Crippen LogP contribution in [-0.2, 0) is 6.42 Å². The van der Waals surface area contributed by atoms with Crippen LogP contribution in [0.25, 0.3) is 0 Å². The van der Waals surface area contributed by atoms with E-state index in [2.05, 4.69) is 18.8 Å². The first kappa shape index (κ1) is 10.2. The molecule has 0 saturated carbocycles. The fraction of sp³-hybridized carbons (Fsp3) is 0.545. The van der Waals surface area contributed by atoms with Gasteiger partial charge in [-0.25, -0.2) is 0 Å².